The quantitative estimate of drug-likeness (QED) is 0.311. The number of amides is 1. The van der Waals surface area contributed by atoms with E-state index in [2.05, 4.69) is 39.7 Å². The standard InChI is InChI=1S/C22H25BrFN3O3S2.ClH/c1-3-26(4-2)12-13-27(22-25-19-10-5-16(23)15-20(19)31-22)21(28)11-14-32(29,30)18-8-6-17(24)7-9-18;/h5-10,15H,3-4,11-14H2,1-2H3;1H. The van der Waals surface area contributed by atoms with E-state index < -0.39 is 15.7 Å². The first-order valence-electron chi connectivity index (χ1n) is 10.3. The molecule has 0 saturated heterocycles. The highest BCUT2D eigenvalue weighted by molar-refractivity contribution is 9.10. The Hall–Kier alpha value is -1.59. The molecule has 180 valence electrons. The van der Waals surface area contributed by atoms with Crippen LogP contribution in [0.4, 0.5) is 9.52 Å². The molecule has 1 aromatic heterocycles. The molecule has 0 aliphatic rings. The molecule has 3 rings (SSSR count). The average molecular weight is 579 g/mol. The molecule has 11 heteroatoms. The highest BCUT2D eigenvalue weighted by Gasteiger charge is 2.23. The van der Waals surface area contributed by atoms with Crippen LogP contribution in [0, 0.1) is 5.82 Å². The molecule has 1 heterocycles. The Morgan fingerprint density at radius 2 is 1.76 bits per heavy atom. The van der Waals surface area contributed by atoms with E-state index in [-0.39, 0.29) is 35.4 Å². The van der Waals surface area contributed by atoms with Gasteiger partial charge in [0, 0.05) is 24.0 Å². The van der Waals surface area contributed by atoms with Crippen LogP contribution in [-0.4, -0.2) is 56.1 Å². The van der Waals surface area contributed by atoms with E-state index in [9.17, 15) is 17.6 Å². The molecule has 1 amide bonds. The van der Waals surface area contributed by atoms with Crippen LogP contribution in [0.1, 0.15) is 20.3 Å². The summed E-state index contributed by atoms with van der Waals surface area (Å²) in [7, 11) is -3.71. The fourth-order valence-electron chi connectivity index (χ4n) is 3.23. The number of hydrogen-bond acceptors (Lipinski definition) is 6. The number of likely N-dealkylation sites (N-methyl/N-ethyl adjacent to an activating group) is 1. The van der Waals surface area contributed by atoms with Crippen LogP contribution in [0.5, 0.6) is 0 Å². The molecule has 0 unspecified atom stereocenters. The summed E-state index contributed by atoms with van der Waals surface area (Å²) in [6, 6.07) is 10.4. The second-order valence-corrected chi connectivity index (χ2v) is 11.2. The summed E-state index contributed by atoms with van der Waals surface area (Å²) in [5.41, 5.74) is 0.785. The summed E-state index contributed by atoms with van der Waals surface area (Å²) in [6.45, 7) is 6.88. The molecule has 0 radical (unpaired) electrons. The van der Waals surface area contributed by atoms with Gasteiger partial charge in [-0.2, -0.15) is 0 Å². The fraction of sp³-hybridized carbons (Fsp3) is 0.364. The van der Waals surface area contributed by atoms with Crippen molar-refractivity contribution in [3.63, 3.8) is 0 Å². The van der Waals surface area contributed by atoms with Gasteiger partial charge in [0.15, 0.2) is 15.0 Å². The van der Waals surface area contributed by atoms with Gasteiger partial charge in [0.05, 0.1) is 20.9 Å². The summed E-state index contributed by atoms with van der Waals surface area (Å²) in [6.07, 6.45) is -0.183. The second kappa shape index (κ2) is 12.2. The zero-order valence-electron chi connectivity index (χ0n) is 18.3. The van der Waals surface area contributed by atoms with E-state index in [1.165, 1.54) is 23.5 Å². The molecule has 2 aromatic carbocycles. The van der Waals surface area contributed by atoms with Gasteiger partial charge in [0.1, 0.15) is 5.82 Å². The number of benzene rings is 2. The predicted molar refractivity (Wildman–Crippen MR) is 138 cm³/mol. The van der Waals surface area contributed by atoms with Gasteiger partial charge in [0.2, 0.25) is 5.91 Å². The summed E-state index contributed by atoms with van der Waals surface area (Å²) in [5, 5.41) is 0.550. The zero-order chi connectivity index (χ0) is 23.3. The van der Waals surface area contributed by atoms with Gasteiger partial charge in [-0.1, -0.05) is 41.1 Å². The Labute approximate surface area is 212 Å². The number of hydrogen-bond donors (Lipinski definition) is 0. The van der Waals surface area contributed by atoms with Gasteiger partial charge in [-0.15, -0.1) is 12.4 Å². The summed E-state index contributed by atoms with van der Waals surface area (Å²) in [5.74, 6) is -1.17. The first-order chi connectivity index (χ1) is 15.2. The topological polar surface area (TPSA) is 70.6 Å². The summed E-state index contributed by atoms with van der Waals surface area (Å²) in [4.78, 5) is 21.5. The second-order valence-electron chi connectivity index (χ2n) is 7.20. The minimum atomic E-state index is -3.71. The smallest absolute Gasteiger partial charge is 0.229 e. The van der Waals surface area contributed by atoms with Crippen LogP contribution in [0.15, 0.2) is 51.8 Å². The van der Waals surface area contributed by atoms with Crippen molar-refractivity contribution in [1.29, 1.82) is 0 Å². The monoisotopic (exact) mass is 577 g/mol. The van der Waals surface area contributed by atoms with Crippen molar-refractivity contribution in [2.24, 2.45) is 0 Å². The number of fused-ring (bicyclic) bond motifs is 1. The zero-order valence-corrected chi connectivity index (χ0v) is 22.4. The molecule has 3 aromatic rings. The van der Waals surface area contributed by atoms with E-state index in [1.807, 2.05) is 18.2 Å². The summed E-state index contributed by atoms with van der Waals surface area (Å²) < 4.78 is 40.2. The minimum absolute atomic E-state index is 0. The van der Waals surface area contributed by atoms with Crippen LogP contribution >= 0.6 is 39.7 Å². The Morgan fingerprint density at radius 1 is 1.09 bits per heavy atom. The minimum Gasteiger partial charge on any atom is -0.302 e. The van der Waals surface area contributed by atoms with Crippen molar-refractivity contribution in [1.82, 2.24) is 9.88 Å². The molecule has 0 atom stereocenters. The van der Waals surface area contributed by atoms with E-state index in [0.29, 0.717) is 18.2 Å². The third kappa shape index (κ3) is 7.19. The third-order valence-corrected chi connectivity index (χ3v) is 8.43. The number of halogens is 3. The molecule has 0 aliphatic carbocycles. The molecule has 6 nitrogen and oxygen atoms in total. The number of sulfone groups is 1. The van der Waals surface area contributed by atoms with Crippen molar-refractivity contribution in [3.8, 4) is 0 Å². The molecular weight excluding hydrogens is 553 g/mol. The fourth-order valence-corrected chi connectivity index (χ4v) is 6.02. The molecule has 0 N–H and O–H groups in total. The van der Waals surface area contributed by atoms with Gasteiger partial charge in [-0.3, -0.25) is 9.69 Å². The first-order valence-corrected chi connectivity index (χ1v) is 13.6. The average Bonchev–Trinajstić information content (AvgIpc) is 3.18. The Balaban J connectivity index is 0.00000385. The maximum absolute atomic E-state index is 13.1. The van der Waals surface area contributed by atoms with Crippen LogP contribution in [0.2, 0.25) is 0 Å². The lowest BCUT2D eigenvalue weighted by Crippen LogP contribution is -2.39. The van der Waals surface area contributed by atoms with Crippen molar-refractivity contribution in [2.75, 3.05) is 36.8 Å². The Morgan fingerprint density at radius 3 is 2.39 bits per heavy atom. The SMILES string of the molecule is CCN(CC)CCN(C(=O)CCS(=O)(=O)c1ccc(F)cc1)c1nc2ccc(Br)cc2s1.Cl. The number of anilines is 1. The molecule has 33 heavy (non-hydrogen) atoms. The lowest BCUT2D eigenvalue weighted by atomic mass is 10.3. The van der Waals surface area contributed by atoms with E-state index >= 15 is 0 Å². The molecule has 0 spiro atoms. The highest BCUT2D eigenvalue weighted by Crippen LogP contribution is 2.31. The Bertz CT molecular complexity index is 1190. The lowest BCUT2D eigenvalue weighted by molar-refractivity contribution is -0.118. The molecule has 0 saturated carbocycles. The van der Waals surface area contributed by atoms with Gasteiger partial charge in [0.25, 0.3) is 0 Å². The molecule has 0 aliphatic heterocycles. The number of carbonyl (C=O) groups excluding carboxylic acids is 1. The van der Waals surface area contributed by atoms with Crippen LogP contribution in [-0.2, 0) is 14.6 Å². The van der Waals surface area contributed by atoms with Gasteiger partial charge >= 0.3 is 0 Å². The van der Waals surface area contributed by atoms with Gasteiger partial charge < -0.3 is 4.90 Å². The summed E-state index contributed by atoms with van der Waals surface area (Å²) >= 11 is 4.85. The maximum atomic E-state index is 13.1. The predicted octanol–water partition coefficient (Wildman–Crippen LogP) is 5.16. The van der Waals surface area contributed by atoms with Gasteiger partial charge in [-0.25, -0.2) is 17.8 Å². The maximum Gasteiger partial charge on any atom is 0.229 e. The van der Waals surface area contributed by atoms with Crippen LogP contribution in [0.25, 0.3) is 10.2 Å². The number of aromatic nitrogens is 1. The normalized spacial score (nSPS) is 11.5. The van der Waals surface area contributed by atoms with Crippen LogP contribution < -0.4 is 4.90 Å². The third-order valence-electron chi connectivity index (χ3n) is 5.16. The molecule has 0 fully saturated rings. The van der Waals surface area contributed by atoms with Crippen molar-refractivity contribution in [2.45, 2.75) is 25.2 Å². The number of nitrogens with zero attached hydrogens (tertiary/aromatic N) is 3. The van der Waals surface area contributed by atoms with Gasteiger partial charge in [-0.05, 0) is 55.6 Å². The molecular formula is C22H26BrClFN3O3S2. The van der Waals surface area contributed by atoms with Crippen molar-refractivity contribution < 1.29 is 17.6 Å². The number of rotatable bonds is 10. The van der Waals surface area contributed by atoms with E-state index in [4.69, 9.17) is 0 Å². The van der Waals surface area contributed by atoms with Crippen molar-refractivity contribution >= 4 is 70.8 Å². The molecule has 0 bridgehead atoms. The van der Waals surface area contributed by atoms with E-state index in [1.54, 1.807) is 4.90 Å². The van der Waals surface area contributed by atoms with Crippen LogP contribution in [0.3, 0.4) is 0 Å². The van der Waals surface area contributed by atoms with E-state index in [0.717, 1.165) is 39.9 Å². The lowest BCUT2D eigenvalue weighted by Gasteiger charge is -2.24. The highest BCUT2D eigenvalue weighted by atomic mass is 79.9. The largest absolute Gasteiger partial charge is 0.302 e. The number of carbonyl (C=O) groups is 1. The van der Waals surface area contributed by atoms with Crippen molar-refractivity contribution in [3.05, 3.63) is 52.8 Å². The Kier molecular flexibility index (Phi) is 10.2. The number of thiazole rings is 1. The first kappa shape index (κ1) is 27.7.